The van der Waals surface area contributed by atoms with Crippen LogP contribution in [0.4, 0.5) is 0 Å². The Bertz CT molecular complexity index is 102. The summed E-state index contributed by atoms with van der Waals surface area (Å²) in [6, 6.07) is 0.112. The summed E-state index contributed by atoms with van der Waals surface area (Å²) >= 11 is 0. The molecule has 1 aliphatic rings. The van der Waals surface area contributed by atoms with Crippen LogP contribution in [0.3, 0.4) is 0 Å². The zero-order valence-corrected chi connectivity index (χ0v) is 6.54. The highest BCUT2D eigenvalue weighted by Crippen LogP contribution is 2.09. The van der Waals surface area contributed by atoms with Crippen molar-refractivity contribution in [3.8, 4) is 0 Å². The van der Waals surface area contributed by atoms with Gasteiger partial charge in [-0.25, -0.2) is 0 Å². The largest absolute Gasteiger partial charge is 0.376 e. The summed E-state index contributed by atoms with van der Waals surface area (Å²) < 4.78 is 10.4. The van der Waals surface area contributed by atoms with Gasteiger partial charge in [0.05, 0.1) is 19.3 Å². The van der Waals surface area contributed by atoms with Crippen LogP contribution in [0.2, 0.25) is 0 Å². The Kier molecular flexibility index (Phi) is 2.65. The van der Waals surface area contributed by atoms with Gasteiger partial charge in [-0.15, -0.1) is 0 Å². The smallest absolute Gasteiger partial charge is 0.105 e. The predicted octanol–water partition coefficient (Wildman–Crippen LogP) is 0.138. The summed E-state index contributed by atoms with van der Waals surface area (Å²) in [7, 11) is 0. The van der Waals surface area contributed by atoms with Gasteiger partial charge in [0, 0.05) is 6.04 Å². The number of ether oxygens (including phenoxy) is 2. The Morgan fingerprint density at radius 1 is 1.50 bits per heavy atom. The van der Waals surface area contributed by atoms with Gasteiger partial charge in [-0.3, -0.25) is 0 Å². The van der Waals surface area contributed by atoms with Crippen molar-refractivity contribution in [1.82, 2.24) is 0 Å². The molecule has 1 saturated heterocycles. The quantitative estimate of drug-likeness (QED) is 0.614. The van der Waals surface area contributed by atoms with E-state index in [1.54, 1.807) is 0 Å². The van der Waals surface area contributed by atoms with Crippen LogP contribution < -0.4 is 5.73 Å². The van der Waals surface area contributed by atoms with E-state index in [0.29, 0.717) is 6.10 Å². The van der Waals surface area contributed by atoms with E-state index in [1.807, 2.05) is 13.8 Å². The monoisotopic (exact) mass is 145 g/mol. The van der Waals surface area contributed by atoms with Crippen molar-refractivity contribution in [3.05, 3.63) is 0 Å². The second-order valence-corrected chi connectivity index (χ2v) is 2.86. The van der Waals surface area contributed by atoms with E-state index in [1.165, 1.54) is 0 Å². The minimum Gasteiger partial charge on any atom is -0.376 e. The van der Waals surface area contributed by atoms with Crippen molar-refractivity contribution in [1.29, 1.82) is 0 Å². The maximum atomic E-state index is 5.60. The molecule has 0 aliphatic carbocycles. The number of nitrogens with two attached hydrogens (primary N) is 1. The first-order chi connectivity index (χ1) is 4.70. The van der Waals surface area contributed by atoms with Gasteiger partial charge in [0.25, 0.3) is 0 Å². The molecular formula is C7H15NO2. The molecule has 0 amide bonds. The van der Waals surface area contributed by atoms with Crippen molar-refractivity contribution in [2.24, 2.45) is 5.73 Å². The number of rotatable bonds is 3. The molecule has 60 valence electrons. The lowest BCUT2D eigenvalue weighted by molar-refractivity contribution is -0.153. The third kappa shape index (κ3) is 1.94. The zero-order chi connectivity index (χ0) is 7.56. The average Bonchev–Trinajstić information content (AvgIpc) is 1.77. The standard InChI is InChI=1S/C7H15NO2/c1-5(8)6(2)10-7-3-9-4-7/h5-7H,3-4,8H2,1-2H3/t5-,6?/m0/s1. The molecule has 0 aromatic heterocycles. The Morgan fingerprint density at radius 2 is 2.10 bits per heavy atom. The van der Waals surface area contributed by atoms with Crippen molar-refractivity contribution < 1.29 is 9.47 Å². The minimum absolute atomic E-state index is 0.112. The minimum atomic E-state index is 0.112. The Hall–Kier alpha value is -0.120. The predicted molar refractivity (Wildman–Crippen MR) is 38.8 cm³/mol. The van der Waals surface area contributed by atoms with Gasteiger partial charge in [-0.05, 0) is 13.8 Å². The van der Waals surface area contributed by atoms with E-state index >= 15 is 0 Å². The normalized spacial score (nSPS) is 25.5. The van der Waals surface area contributed by atoms with Crippen LogP contribution in [-0.2, 0) is 9.47 Å². The molecule has 10 heavy (non-hydrogen) atoms. The summed E-state index contributed by atoms with van der Waals surface area (Å²) in [5.74, 6) is 0. The summed E-state index contributed by atoms with van der Waals surface area (Å²) in [6.45, 7) is 5.40. The van der Waals surface area contributed by atoms with Crippen LogP contribution in [0.15, 0.2) is 0 Å². The molecular weight excluding hydrogens is 130 g/mol. The van der Waals surface area contributed by atoms with E-state index in [2.05, 4.69) is 0 Å². The molecule has 1 aliphatic heterocycles. The van der Waals surface area contributed by atoms with Crippen molar-refractivity contribution in [3.63, 3.8) is 0 Å². The first-order valence-corrected chi connectivity index (χ1v) is 3.69. The fourth-order valence-electron chi connectivity index (χ4n) is 0.720. The Balaban J connectivity index is 2.10. The van der Waals surface area contributed by atoms with E-state index < -0.39 is 0 Å². The molecule has 1 rings (SSSR count). The molecule has 1 heterocycles. The molecule has 1 fully saturated rings. The number of hydrogen-bond donors (Lipinski definition) is 1. The Morgan fingerprint density at radius 3 is 2.40 bits per heavy atom. The second-order valence-electron chi connectivity index (χ2n) is 2.86. The van der Waals surface area contributed by atoms with Crippen molar-refractivity contribution in [2.75, 3.05) is 13.2 Å². The maximum Gasteiger partial charge on any atom is 0.105 e. The third-order valence-corrected chi connectivity index (χ3v) is 1.76. The van der Waals surface area contributed by atoms with E-state index in [0.717, 1.165) is 13.2 Å². The lowest BCUT2D eigenvalue weighted by Crippen LogP contribution is -2.43. The molecule has 1 unspecified atom stereocenters. The highest BCUT2D eigenvalue weighted by Gasteiger charge is 2.22. The molecule has 3 nitrogen and oxygen atoms in total. The lowest BCUT2D eigenvalue weighted by atomic mass is 10.2. The molecule has 0 saturated carbocycles. The first kappa shape index (κ1) is 7.98. The van der Waals surface area contributed by atoms with Gasteiger partial charge in [0.2, 0.25) is 0 Å². The van der Waals surface area contributed by atoms with Gasteiger partial charge in [-0.1, -0.05) is 0 Å². The van der Waals surface area contributed by atoms with Crippen LogP contribution in [0.5, 0.6) is 0 Å². The van der Waals surface area contributed by atoms with Gasteiger partial charge in [0.1, 0.15) is 6.10 Å². The van der Waals surface area contributed by atoms with Crippen LogP contribution in [0.1, 0.15) is 13.8 Å². The van der Waals surface area contributed by atoms with Crippen molar-refractivity contribution >= 4 is 0 Å². The van der Waals surface area contributed by atoms with E-state index in [-0.39, 0.29) is 12.1 Å². The highest BCUT2D eigenvalue weighted by atomic mass is 16.6. The van der Waals surface area contributed by atoms with Crippen LogP contribution >= 0.6 is 0 Å². The van der Waals surface area contributed by atoms with Gasteiger partial charge in [-0.2, -0.15) is 0 Å². The fourth-order valence-corrected chi connectivity index (χ4v) is 0.720. The fraction of sp³-hybridized carbons (Fsp3) is 1.00. The highest BCUT2D eigenvalue weighted by molar-refractivity contribution is 4.70. The SMILES string of the molecule is CC(OC1COC1)[C@H](C)N. The maximum absolute atomic E-state index is 5.60. The van der Waals surface area contributed by atoms with E-state index in [9.17, 15) is 0 Å². The summed E-state index contributed by atoms with van der Waals surface area (Å²) in [4.78, 5) is 0. The van der Waals surface area contributed by atoms with E-state index in [4.69, 9.17) is 15.2 Å². The number of hydrogen-bond acceptors (Lipinski definition) is 3. The first-order valence-electron chi connectivity index (χ1n) is 3.69. The molecule has 2 atom stereocenters. The molecule has 0 spiro atoms. The Labute approximate surface area is 61.5 Å². The summed E-state index contributed by atoms with van der Waals surface area (Å²) in [5.41, 5.74) is 5.60. The molecule has 0 radical (unpaired) electrons. The molecule has 2 N–H and O–H groups in total. The topological polar surface area (TPSA) is 44.5 Å². The summed E-state index contributed by atoms with van der Waals surface area (Å²) in [5, 5.41) is 0. The lowest BCUT2D eigenvalue weighted by Gasteiger charge is -2.30. The zero-order valence-electron chi connectivity index (χ0n) is 6.54. The summed E-state index contributed by atoms with van der Waals surface area (Å²) in [6.07, 6.45) is 0.440. The van der Waals surface area contributed by atoms with Gasteiger partial charge < -0.3 is 15.2 Å². The van der Waals surface area contributed by atoms with Crippen LogP contribution in [0.25, 0.3) is 0 Å². The molecule has 3 heteroatoms. The second kappa shape index (κ2) is 3.32. The molecule has 0 aromatic carbocycles. The van der Waals surface area contributed by atoms with Gasteiger partial charge >= 0.3 is 0 Å². The third-order valence-electron chi connectivity index (χ3n) is 1.76. The molecule has 0 bridgehead atoms. The van der Waals surface area contributed by atoms with Gasteiger partial charge in [0.15, 0.2) is 0 Å². The van der Waals surface area contributed by atoms with Crippen LogP contribution in [0, 0.1) is 0 Å². The van der Waals surface area contributed by atoms with Crippen molar-refractivity contribution in [2.45, 2.75) is 32.1 Å². The average molecular weight is 145 g/mol. The van der Waals surface area contributed by atoms with Crippen LogP contribution in [-0.4, -0.2) is 31.5 Å². The molecule has 0 aromatic rings.